The van der Waals surface area contributed by atoms with E-state index in [-0.39, 0.29) is 12.1 Å². The number of para-hydroxylation sites is 1. The molecule has 8 heteroatoms. The normalized spacial score (nSPS) is 21.2. The number of fused-ring (bicyclic) bond motifs is 2. The molecule has 0 aromatic heterocycles. The van der Waals surface area contributed by atoms with Crippen molar-refractivity contribution in [3.05, 3.63) is 65.2 Å². The fraction of sp³-hybridized carbons (Fsp3) is 0.320. The Kier molecular flexibility index (Phi) is 5.95. The quantitative estimate of drug-likeness (QED) is 0.302. The molecule has 8 nitrogen and oxygen atoms in total. The Labute approximate surface area is 192 Å². The molecular weight excluding hydrogens is 424 g/mol. The van der Waals surface area contributed by atoms with Crippen molar-refractivity contribution in [2.75, 3.05) is 38.8 Å². The van der Waals surface area contributed by atoms with Gasteiger partial charge in [0.2, 0.25) is 0 Å². The Hall–Kier alpha value is -3.65. The Morgan fingerprint density at radius 2 is 1.73 bits per heavy atom. The maximum absolute atomic E-state index is 14.0. The molecule has 2 amide bonds. The number of hydrogen-bond donors (Lipinski definition) is 1. The Bertz CT molecular complexity index is 1140. The Morgan fingerprint density at radius 1 is 1.03 bits per heavy atom. The molecule has 2 aromatic carbocycles. The van der Waals surface area contributed by atoms with Gasteiger partial charge in [0.05, 0.1) is 18.4 Å². The minimum Gasteiger partial charge on any atom is -0.507 e. The molecular formula is C25H26N2O6. The predicted octanol–water partition coefficient (Wildman–Crippen LogP) is 2.67. The number of aliphatic hydroxyl groups excluding tert-OH is 1. The molecule has 1 spiro atoms. The first-order valence-corrected chi connectivity index (χ1v) is 10.8. The van der Waals surface area contributed by atoms with Crippen LogP contribution < -0.4 is 9.64 Å². The van der Waals surface area contributed by atoms with Gasteiger partial charge in [0, 0.05) is 37.9 Å². The zero-order chi connectivity index (χ0) is 23.8. The van der Waals surface area contributed by atoms with E-state index in [1.807, 2.05) is 6.92 Å². The largest absolute Gasteiger partial charge is 0.507 e. The molecule has 172 valence electrons. The van der Waals surface area contributed by atoms with E-state index in [1.165, 1.54) is 12.0 Å². The van der Waals surface area contributed by atoms with Crippen molar-refractivity contribution < 1.29 is 29.0 Å². The number of hydrogen-bond acceptors (Lipinski definition) is 6. The lowest BCUT2D eigenvalue weighted by Crippen LogP contribution is -2.52. The van der Waals surface area contributed by atoms with Gasteiger partial charge in [-0.25, -0.2) is 0 Å². The smallest absolute Gasteiger partial charge is 0.296 e. The molecule has 1 fully saturated rings. The van der Waals surface area contributed by atoms with Gasteiger partial charge in [-0.3, -0.25) is 14.4 Å². The lowest BCUT2D eigenvalue weighted by molar-refractivity contribution is -0.143. The molecule has 2 aliphatic heterocycles. The number of likely N-dealkylation sites (N-methyl/N-ethyl adjacent to an activating group) is 1. The van der Waals surface area contributed by atoms with Gasteiger partial charge in [-0.15, -0.1) is 0 Å². The van der Waals surface area contributed by atoms with Gasteiger partial charge in [-0.05, 0) is 43.7 Å². The number of carbonyl (C=O) groups is 3. The van der Waals surface area contributed by atoms with Gasteiger partial charge >= 0.3 is 0 Å². The number of likely N-dealkylation sites (tertiary alicyclic amines) is 1. The van der Waals surface area contributed by atoms with Crippen LogP contribution in [0, 0.1) is 0 Å². The number of rotatable bonds is 7. The summed E-state index contributed by atoms with van der Waals surface area (Å²) in [6.45, 7) is 2.65. The van der Waals surface area contributed by atoms with E-state index in [0.717, 1.165) is 0 Å². The summed E-state index contributed by atoms with van der Waals surface area (Å²) in [4.78, 5) is 43.4. The number of carbonyl (C=O) groups excluding carboxylic acids is 3. The zero-order valence-electron chi connectivity index (χ0n) is 18.8. The van der Waals surface area contributed by atoms with E-state index in [1.54, 1.807) is 60.5 Å². The van der Waals surface area contributed by atoms with Crippen molar-refractivity contribution >= 4 is 29.0 Å². The van der Waals surface area contributed by atoms with Crippen LogP contribution in [0.5, 0.6) is 5.75 Å². The number of ether oxygens (including phenoxy) is 2. The summed E-state index contributed by atoms with van der Waals surface area (Å²) in [7, 11) is 3.06. The summed E-state index contributed by atoms with van der Waals surface area (Å²) in [5, 5.41) is 11.3. The van der Waals surface area contributed by atoms with Crippen LogP contribution in [-0.2, 0) is 24.7 Å². The zero-order valence-corrected chi connectivity index (χ0v) is 18.8. The van der Waals surface area contributed by atoms with E-state index in [9.17, 15) is 19.5 Å². The average Bonchev–Trinajstić information content (AvgIpc) is 3.22. The second kappa shape index (κ2) is 8.71. The third-order valence-electron chi connectivity index (χ3n) is 6.22. The van der Waals surface area contributed by atoms with Crippen LogP contribution in [-0.4, -0.2) is 61.5 Å². The van der Waals surface area contributed by atoms with Crippen LogP contribution in [0.25, 0.3) is 5.76 Å². The van der Waals surface area contributed by atoms with E-state index in [4.69, 9.17) is 9.47 Å². The number of aliphatic hydroxyl groups is 1. The highest BCUT2D eigenvalue weighted by Gasteiger charge is 2.66. The van der Waals surface area contributed by atoms with Gasteiger partial charge in [-0.1, -0.05) is 18.2 Å². The number of ketones is 1. The second-order valence-electron chi connectivity index (χ2n) is 7.86. The predicted molar refractivity (Wildman–Crippen MR) is 122 cm³/mol. The fourth-order valence-electron chi connectivity index (χ4n) is 4.74. The molecule has 0 saturated carbocycles. The molecule has 0 bridgehead atoms. The van der Waals surface area contributed by atoms with E-state index >= 15 is 0 Å². The molecule has 4 rings (SSSR count). The van der Waals surface area contributed by atoms with Crippen LogP contribution in [0.4, 0.5) is 5.69 Å². The number of methoxy groups -OCH3 is 2. The summed E-state index contributed by atoms with van der Waals surface area (Å²) in [5.74, 6) is -1.96. The molecule has 1 unspecified atom stereocenters. The lowest BCUT2D eigenvalue weighted by Gasteiger charge is -2.34. The Balaban J connectivity index is 2.00. The highest BCUT2D eigenvalue weighted by atomic mass is 16.5. The van der Waals surface area contributed by atoms with Crippen LogP contribution in [0.3, 0.4) is 0 Å². The average molecular weight is 450 g/mol. The van der Waals surface area contributed by atoms with E-state index < -0.39 is 28.9 Å². The van der Waals surface area contributed by atoms with Crippen molar-refractivity contribution in [2.24, 2.45) is 0 Å². The first-order chi connectivity index (χ1) is 15.9. The highest BCUT2D eigenvalue weighted by molar-refractivity contribution is 6.50. The molecule has 2 heterocycles. The molecule has 0 aliphatic carbocycles. The summed E-state index contributed by atoms with van der Waals surface area (Å²) in [6.07, 6.45) is 0.426. The summed E-state index contributed by atoms with van der Waals surface area (Å²) in [6, 6.07) is 13.5. The van der Waals surface area contributed by atoms with Crippen LogP contribution in [0.2, 0.25) is 0 Å². The van der Waals surface area contributed by atoms with Crippen molar-refractivity contribution in [3.8, 4) is 5.75 Å². The minimum absolute atomic E-state index is 0.120. The van der Waals surface area contributed by atoms with Crippen LogP contribution >= 0.6 is 0 Å². The fourth-order valence-corrected chi connectivity index (χ4v) is 4.74. The van der Waals surface area contributed by atoms with Crippen LogP contribution in [0.15, 0.2) is 54.1 Å². The maximum atomic E-state index is 14.0. The van der Waals surface area contributed by atoms with Crippen molar-refractivity contribution in [2.45, 2.75) is 18.9 Å². The van der Waals surface area contributed by atoms with Gasteiger partial charge in [0.15, 0.2) is 5.54 Å². The molecule has 0 radical (unpaired) electrons. The minimum atomic E-state index is -1.74. The molecule has 33 heavy (non-hydrogen) atoms. The van der Waals surface area contributed by atoms with Crippen molar-refractivity contribution in [1.82, 2.24) is 4.90 Å². The molecule has 1 N–H and O–H groups in total. The van der Waals surface area contributed by atoms with Crippen LogP contribution in [0.1, 0.15) is 24.5 Å². The maximum Gasteiger partial charge on any atom is 0.296 e. The molecule has 1 atom stereocenters. The SMILES string of the molecule is CCN1C(=O)C2(/C(=C(/O)c3ccc(OC)cc3)C(=O)C(=O)N2CCCOC)c2ccccc21. The monoisotopic (exact) mass is 450 g/mol. The number of anilines is 1. The highest BCUT2D eigenvalue weighted by Crippen LogP contribution is 2.53. The van der Waals surface area contributed by atoms with Gasteiger partial charge in [0.1, 0.15) is 11.5 Å². The summed E-state index contributed by atoms with van der Waals surface area (Å²) >= 11 is 0. The molecule has 1 saturated heterocycles. The van der Waals surface area contributed by atoms with E-state index in [0.29, 0.717) is 42.1 Å². The summed E-state index contributed by atoms with van der Waals surface area (Å²) < 4.78 is 10.3. The second-order valence-corrected chi connectivity index (χ2v) is 7.86. The van der Waals surface area contributed by atoms with Gasteiger partial charge < -0.3 is 24.4 Å². The first kappa shape index (κ1) is 22.5. The molecule has 2 aromatic rings. The number of benzene rings is 2. The van der Waals surface area contributed by atoms with Crippen molar-refractivity contribution in [3.63, 3.8) is 0 Å². The van der Waals surface area contributed by atoms with Crippen molar-refractivity contribution in [1.29, 1.82) is 0 Å². The number of amides is 2. The number of nitrogens with zero attached hydrogens (tertiary/aromatic N) is 2. The summed E-state index contributed by atoms with van der Waals surface area (Å²) in [5.41, 5.74) is -0.528. The number of Topliss-reactive ketones (excluding diaryl/α,β-unsaturated/α-hetero) is 1. The lowest BCUT2D eigenvalue weighted by atomic mass is 9.82. The van der Waals surface area contributed by atoms with Gasteiger partial charge in [-0.2, -0.15) is 0 Å². The molecule has 2 aliphatic rings. The standard InChI is InChI=1S/C25H26N2O6/c1-4-26-19-9-6-5-8-18(19)25(24(26)31)20(21(28)16-10-12-17(33-3)13-11-16)22(29)23(30)27(25)14-7-15-32-2/h5-6,8-13,28H,4,7,14-15H2,1-3H3/b21-20+. The Morgan fingerprint density at radius 3 is 2.36 bits per heavy atom. The van der Waals surface area contributed by atoms with E-state index in [2.05, 4.69) is 0 Å². The third kappa shape index (κ3) is 3.21. The first-order valence-electron chi connectivity index (χ1n) is 10.8. The van der Waals surface area contributed by atoms with Gasteiger partial charge in [0.25, 0.3) is 17.6 Å². The third-order valence-corrected chi connectivity index (χ3v) is 6.22. The topological polar surface area (TPSA) is 96.4 Å².